The van der Waals surface area contributed by atoms with Crippen LogP contribution in [0.15, 0.2) is 0 Å². The lowest BCUT2D eigenvalue weighted by Crippen LogP contribution is -2.60. The van der Waals surface area contributed by atoms with E-state index in [1.807, 2.05) is 27.8 Å². The molecule has 2 fully saturated rings. The zero-order chi connectivity index (χ0) is 15.8. The fourth-order valence-corrected chi connectivity index (χ4v) is 2.98. The predicted molar refractivity (Wildman–Crippen MR) is 78.0 cm³/mol. The first kappa shape index (κ1) is 16.1. The number of ether oxygens (including phenoxy) is 2. The topological polar surface area (TPSA) is 59.1 Å². The van der Waals surface area contributed by atoms with Crippen LogP contribution >= 0.6 is 0 Å². The summed E-state index contributed by atoms with van der Waals surface area (Å²) >= 11 is 0. The molecule has 2 rings (SSSR count). The zero-order valence-electron chi connectivity index (χ0n) is 13.6. The van der Waals surface area contributed by atoms with Crippen molar-refractivity contribution in [2.75, 3.05) is 26.7 Å². The van der Waals surface area contributed by atoms with Gasteiger partial charge in [0, 0.05) is 26.7 Å². The second-order valence-corrected chi connectivity index (χ2v) is 7.10. The summed E-state index contributed by atoms with van der Waals surface area (Å²) in [7, 11) is 1.81. The van der Waals surface area contributed by atoms with Gasteiger partial charge >= 0.3 is 6.09 Å². The summed E-state index contributed by atoms with van der Waals surface area (Å²) < 4.78 is 11.4. The molecule has 0 aliphatic carbocycles. The van der Waals surface area contributed by atoms with Crippen LogP contribution in [0.25, 0.3) is 0 Å². The standard InChI is InChI=1S/C15H26N2O4/c1-11-12(18)16(5)10-15(20-11)6-8-17(9-7-15)13(19)21-14(2,3)4/h11H,6-10H2,1-5H3/t11-/m0/s1. The van der Waals surface area contributed by atoms with Gasteiger partial charge in [-0.1, -0.05) is 0 Å². The zero-order valence-corrected chi connectivity index (χ0v) is 13.6. The highest BCUT2D eigenvalue weighted by atomic mass is 16.6. The van der Waals surface area contributed by atoms with Crippen LogP contribution in [0.5, 0.6) is 0 Å². The third-order valence-corrected chi connectivity index (χ3v) is 4.00. The Kier molecular flexibility index (Phi) is 4.19. The smallest absolute Gasteiger partial charge is 0.410 e. The van der Waals surface area contributed by atoms with Crippen molar-refractivity contribution in [1.29, 1.82) is 0 Å². The van der Waals surface area contributed by atoms with Crippen LogP contribution in [-0.2, 0) is 14.3 Å². The van der Waals surface area contributed by atoms with E-state index in [1.54, 1.807) is 16.7 Å². The van der Waals surface area contributed by atoms with Crippen LogP contribution in [0.3, 0.4) is 0 Å². The average Bonchev–Trinajstić information content (AvgIpc) is 2.34. The van der Waals surface area contributed by atoms with E-state index < -0.39 is 11.7 Å². The molecule has 2 saturated heterocycles. The van der Waals surface area contributed by atoms with Crippen LogP contribution in [0.2, 0.25) is 0 Å². The number of likely N-dealkylation sites (N-methyl/N-ethyl adjacent to an activating group) is 1. The predicted octanol–water partition coefficient (Wildman–Crippen LogP) is 1.63. The van der Waals surface area contributed by atoms with Crippen LogP contribution in [-0.4, -0.2) is 65.8 Å². The molecule has 0 aromatic heterocycles. The molecular formula is C15H26N2O4. The van der Waals surface area contributed by atoms with Gasteiger partial charge in [-0.15, -0.1) is 0 Å². The minimum Gasteiger partial charge on any atom is -0.444 e. The lowest BCUT2D eigenvalue weighted by Gasteiger charge is -2.48. The molecule has 0 bridgehead atoms. The Balaban J connectivity index is 1.94. The van der Waals surface area contributed by atoms with Crippen molar-refractivity contribution in [3.8, 4) is 0 Å². The van der Waals surface area contributed by atoms with E-state index in [9.17, 15) is 9.59 Å². The molecule has 0 N–H and O–H groups in total. The third kappa shape index (κ3) is 3.67. The summed E-state index contributed by atoms with van der Waals surface area (Å²) in [5.74, 6) is 0.0233. The van der Waals surface area contributed by atoms with Gasteiger partial charge < -0.3 is 19.3 Å². The fraction of sp³-hybridized carbons (Fsp3) is 0.867. The number of amides is 2. The molecule has 2 aliphatic heterocycles. The minimum atomic E-state index is -0.477. The Bertz CT molecular complexity index is 406. The first-order valence-electron chi connectivity index (χ1n) is 7.53. The third-order valence-electron chi connectivity index (χ3n) is 4.00. The maximum atomic E-state index is 12.1. The molecule has 2 heterocycles. The molecule has 1 atom stereocenters. The van der Waals surface area contributed by atoms with Crippen molar-refractivity contribution in [2.45, 2.75) is 57.8 Å². The van der Waals surface area contributed by atoms with E-state index in [4.69, 9.17) is 9.47 Å². The van der Waals surface area contributed by atoms with Crippen molar-refractivity contribution in [3.63, 3.8) is 0 Å². The van der Waals surface area contributed by atoms with E-state index in [-0.39, 0.29) is 17.6 Å². The maximum Gasteiger partial charge on any atom is 0.410 e. The molecule has 0 aromatic carbocycles. The van der Waals surface area contributed by atoms with Gasteiger partial charge in [0.25, 0.3) is 5.91 Å². The van der Waals surface area contributed by atoms with E-state index in [1.165, 1.54) is 0 Å². The Morgan fingerprint density at radius 1 is 1.33 bits per heavy atom. The molecule has 0 radical (unpaired) electrons. The Hall–Kier alpha value is -1.30. The highest BCUT2D eigenvalue weighted by Crippen LogP contribution is 2.32. The number of piperidine rings is 1. The van der Waals surface area contributed by atoms with Crippen molar-refractivity contribution < 1.29 is 19.1 Å². The summed E-state index contributed by atoms with van der Waals surface area (Å²) in [5.41, 5.74) is -0.796. The number of morpholine rings is 1. The summed E-state index contributed by atoms with van der Waals surface area (Å²) in [6, 6.07) is 0. The normalized spacial score (nSPS) is 26.1. The van der Waals surface area contributed by atoms with Gasteiger partial charge in [-0.25, -0.2) is 4.79 Å². The number of hydrogen-bond acceptors (Lipinski definition) is 4. The molecule has 0 unspecified atom stereocenters. The first-order valence-corrected chi connectivity index (χ1v) is 7.53. The van der Waals surface area contributed by atoms with Crippen molar-refractivity contribution in [3.05, 3.63) is 0 Å². The monoisotopic (exact) mass is 298 g/mol. The molecule has 21 heavy (non-hydrogen) atoms. The Morgan fingerprint density at radius 2 is 1.90 bits per heavy atom. The number of carbonyl (C=O) groups is 2. The van der Waals surface area contributed by atoms with E-state index in [2.05, 4.69) is 0 Å². The Labute approximate surface area is 126 Å². The van der Waals surface area contributed by atoms with Gasteiger partial charge in [0.05, 0.1) is 5.60 Å². The summed E-state index contributed by atoms with van der Waals surface area (Å²) in [6.45, 7) is 9.18. The first-order chi connectivity index (χ1) is 9.62. The van der Waals surface area contributed by atoms with Gasteiger partial charge in [-0.3, -0.25) is 4.79 Å². The van der Waals surface area contributed by atoms with Crippen LogP contribution in [0.1, 0.15) is 40.5 Å². The van der Waals surface area contributed by atoms with Crippen molar-refractivity contribution in [2.24, 2.45) is 0 Å². The number of nitrogens with zero attached hydrogens (tertiary/aromatic N) is 2. The van der Waals surface area contributed by atoms with Crippen molar-refractivity contribution >= 4 is 12.0 Å². The molecule has 0 aromatic rings. The maximum absolute atomic E-state index is 12.1. The van der Waals surface area contributed by atoms with Crippen molar-refractivity contribution in [1.82, 2.24) is 9.80 Å². The molecule has 0 saturated carbocycles. The highest BCUT2D eigenvalue weighted by molar-refractivity contribution is 5.81. The largest absolute Gasteiger partial charge is 0.444 e. The second kappa shape index (κ2) is 5.48. The summed E-state index contributed by atoms with van der Waals surface area (Å²) in [4.78, 5) is 27.3. The lowest BCUT2D eigenvalue weighted by molar-refractivity contribution is -0.186. The van der Waals surface area contributed by atoms with Gasteiger partial charge in [0.15, 0.2) is 0 Å². The highest BCUT2D eigenvalue weighted by Gasteiger charge is 2.45. The van der Waals surface area contributed by atoms with Crippen LogP contribution in [0, 0.1) is 0 Å². The van der Waals surface area contributed by atoms with E-state index in [0.29, 0.717) is 19.6 Å². The fourth-order valence-electron chi connectivity index (χ4n) is 2.98. The number of rotatable bonds is 0. The molecule has 6 nitrogen and oxygen atoms in total. The molecule has 120 valence electrons. The molecule has 2 amide bonds. The number of likely N-dealkylation sites (tertiary alicyclic amines) is 1. The van der Waals surface area contributed by atoms with Crippen LogP contribution in [0.4, 0.5) is 4.79 Å². The Morgan fingerprint density at radius 3 is 2.38 bits per heavy atom. The van der Waals surface area contributed by atoms with E-state index >= 15 is 0 Å². The van der Waals surface area contributed by atoms with Crippen LogP contribution < -0.4 is 0 Å². The van der Waals surface area contributed by atoms with Gasteiger partial charge in [-0.05, 0) is 40.5 Å². The minimum absolute atomic E-state index is 0.0233. The molecule has 6 heteroatoms. The summed E-state index contributed by atoms with van der Waals surface area (Å²) in [5, 5.41) is 0. The summed E-state index contributed by atoms with van der Waals surface area (Å²) in [6.07, 6.45) is 0.782. The number of hydrogen-bond donors (Lipinski definition) is 0. The van der Waals surface area contributed by atoms with E-state index in [0.717, 1.165) is 12.8 Å². The lowest BCUT2D eigenvalue weighted by atomic mass is 9.89. The van der Waals surface area contributed by atoms with Gasteiger partial charge in [-0.2, -0.15) is 0 Å². The van der Waals surface area contributed by atoms with Gasteiger partial charge in [0.2, 0.25) is 0 Å². The quantitative estimate of drug-likeness (QED) is 0.682. The SMILES string of the molecule is C[C@@H]1OC2(CCN(C(=O)OC(C)(C)C)CC2)CN(C)C1=O. The molecule has 2 aliphatic rings. The number of carbonyl (C=O) groups excluding carboxylic acids is 2. The second-order valence-electron chi connectivity index (χ2n) is 7.10. The van der Waals surface area contributed by atoms with Gasteiger partial charge in [0.1, 0.15) is 11.7 Å². The average molecular weight is 298 g/mol. The molecular weight excluding hydrogens is 272 g/mol. The molecule has 1 spiro atoms.